The Hall–Kier alpha value is -1.38. The van der Waals surface area contributed by atoms with Crippen molar-refractivity contribution < 1.29 is 9.47 Å². The highest BCUT2D eigenvalue weighted by atomic mass is 35.5. The van der Waals surface area contributed by atoms with Crippen molar-refractivity contribution in [2.24, 2.45) is 0 Å². The van der Waals surface area contributed by atoms with E-state index in [1.165, 1.54) is 0 Å². The lowest BCUT2D eigenvalue weighted by atomic mass is 10.1. The van der Waals surface area contributed by atoms with Gasteiger partial charge in [0.25, 0.3) is 0 Å². The molecule has 0 aliphatic carbocycles. The summed E-state index contributed by atoms with van der Waals surface area (Å²) < 4.78 is 10.1. The van der Waals surface area contributed by atoms with E-state index in [0.29, 0.717) is 23.7 Å². The van der Waals surface area contributed by atoms with Crippen molar-refractivity contribution in [2.75, 3.05) is 27.3 Å². The van der Waals surface area contributed by atoms with E-state index in [4.69, 9.17) is 26.3 Å². The van der Waals surface area contributed by atoms with Crippen LogP contribution in [-0.4, -0.2) is 33.6 Å². The van der Waals surface area contributed by atoms with E-state index >= 15 is 0 Å². The topological polar surface area (TPSA) is 54.3 Å². The number of benzene rings is 1. The first-order chi connectivity index (χ1) is 9.19. The van der Waals surface area contributed by atoms with Crippen LogP contribution in [0.4, 0.5) is 0 Å². The van der Waals surface area contributed by atoms with Crippen LogP contribution in [0.2, 0.25) is 5.02 Å². The number of nitriles is 1. The van der Waals surface area contributed by atoms with Gasteiger partial charge < -0.3 is 14.8 Å². The molecule has 0 heterocycles. The normalized spacial score (nSPS) is 11.6. The van der Waals surface area contributed by atoms with E-state index < -0.39 is 0 Å². The zero-order chi connectivity index (χ0) is 14.1. The Kier molecular flexibility index (Phi) is 7.16. The highest BCUT2D eigenvalue weighted by molar-refractivity contribution is 6.30. The third kappa shape index (κ3) is 5.86. The van der Waals surface area contributed by atoms with Crippen molar-refractivity contribution in [3.63, 3.8) is 0 Å². The van der Waals surface area contributed by atoms with Gasteiger partial charge in [0.05, 0.1) is 6.07 Å². The fraction of sp³-hybridized carbons (Fsp3) is 0.357. The summed E-state index contributed by atoms with van der Waals surface area (Å²) >= 11 is 5.81. The summed E-state index contributed by atoms with van der Waals surface area (Å²) in [7, 11) is 3.15. The number of rotatable bonds is 7. The Morgan fingerprint density at radius 1 is 1.37 bits per heavy atom. The molecule has 0 bridgehead atoms. The van der Waals surface area contributed by atoms with E-state index in [1.807, 2.05) is 18.2 Å². The number of ether oxygens (including phenoxy) is 2. The quantitative estimate of drug-likeness (QED) is 0.616. The van der Waals surface area contributed by atoms with Gasteiger partial charge in [-0.3, -0.25) is 0 Å². The Labute approximate surface area is 118 Å². The summed E-state index contributed by atoms with van der Waals surface area (Å²) in [5.74, 6) is 0. The van der Waals surface area contributed by atoms with Gasteiger partial charge in [0.2, 0.25) is 0 Å². The van der Waals surface area contributed by atoms with E-state index in [2.05, 4.69) is 11.4 Å². The molecule has 0 spiro atoms. The lowest BCUT2D eigenvalue weighted by Gasteiger charge is -2.13. The molecule has 4 nitrogen and oxygen atoms in total. The van der Waals surface area contributed by atoms with E-state index in [1.54, 1.807) is 26.4 Å². The van der Waals surface area contributed by atoms with Gasteiger partial charge in [-0.05, 0) is 23.8 Å². The molecule has 1 rings (SSSR count). The molecular weight excluding hydrogens is 264 g/mol. The molecule has 1 N–H and O–H groups in total. The van der Waals surface area contributed by atoms with Crippen LogP contribution in [0.1, 0.15) is 5.56 Å². The van der Waals surface area contributed by atoms with Crippen LogP contribution in [0, 0.1) is 11.3 Å². The molecule has 19 heavy (non-hydrogen) atoms. The minimum Gasteiger partial charge on any atom is -0.355 e. The second-order valence-corrected chi connectivity index (χ2v) is 4.30. The fourth-order valence-electron chi connectivity index (χ4n) is 1.47. The molecular formula is C14H17ClN2O2. The van der Waals surface area contributed by atoms with Crippen LogP contribution in [-0.2, 0) is 9.47 Å². The second-order valence-electron chi connectivity index (χ2n) is 3.86. The first-order valence-corrected chi connectivity index (χ1v) is 6.20. The Morgan fingerprint density at radius 2 is 2.00 bits per heavy atom. The van der Waals surface area contributed by atoms with Gasteiger partial charge in [-0.1, -0.05) is 23.7 Å². The molecule has 0 aliphatic heterocycles. The smallest absolute Gasteiger partial charge is 0.169 e. The predicted octanol–water partition coefficient (Wildman–Crippen LogP) is 2.46. The molecule has 0 atom stereocenters. The number of nitrogens with zero attached hydrogens (tertiary/aromatic N) is 1. The third-order valence-corrected chi connectivity index (χ3v) is 2.76. The van der Waals surface area contributed by atoms with Crippen molar-refractivity contribution in [1.29, 1.82) is 5.26 Å². The number of nitrogens with one attached hydrogen (secondary N) is 1. The average molecular weight is 281 g/mol. The lowest BCUT2D eigenvalue weighted by Crippen LogP contribution is -2.30. The standard InChI is InChI=1S/C14H17ClN2O2/c1-18-14(19-2)10-17-9-12(8-16)7-11-3-5-13(15)6-4-11/h3-7,14,17H,9-10H2,1-2H3/b12-7-. The third-order valence-electron chi connectivity index (χ3n) is 2.51. The van der Waals surface area contributed by atoms with Crippen LogP contribution in [0.5, 0.6) is 0 Å². The molecule has 0 aromatic heterocycles. The number of methoxy groups -OCH3 is 2. The Morgan fingerprint density at radius 3 is 2.53 bits per heavy atom. The Balaban J connectivity index is 2.54. The zero-order valence-electron chi connectivity index (χ0n) is 11.0. The summed E-state index contributed by atoms with van der Waals surface area (Å²) in [6, 6.07) is 9.48. The van der Waals surface area contributed by atoms with Gasteiger partial charge >= 0.3 is 0 Å². The van der Waals surface area contributed by atoms with Gasteiger partial charge in [0.1, 0.15) is 0 Å². The highest BCUT2D eigenvalue weighted by Gasteiger charge is 2.04. The minimum atomic E-state index is -0.310. The minimum absolute atomic E-state index is 0.310. The second kappa shape index (κ2) is 8.68. The maximum absolute atomic E-state index is 9.07. The molecule has 1 aromatic carbocycles. The molecule has 0 fully saturated rings. The molecule has 0 radical (unpaired) electrons. The van der Waals surface area contributed by atoms with Crippen molar-refractivity contribution in [2.45, 2.75) is 6.29 Å². The number of hydrogen-bond donors (Lipinski definition) is 1. The van der Waals surface area contributed by atoms with Gasteiger partial charge in [0, 0.05) is 37.9 Å². The molecule has 0 aliphatic rings. The molecule has 0 saturated heterocycles. The fourth-order valence-corrected chi connectivity index (χ4v) is 1.60. The van der Waals surface area contributed by atoms with E-state index in [0.717, 1.165) is 5.56 Å². The molecule has 0 amide bonds. The summed E-state index contributed by atoms with van der Waals surface area (Å²) in [5.41, 5.74) is 1.58. The van der Waals surface area contributed by atoms with Crippen molar-refractivity contribution >= 4 is 17.7 Å². The van der Waals surface area contributed by atoms with Crippen LogP contribution in [0.3, 0.4) is 0 Å². The average Bonchev–Trinajstić information content (AvgIpc) is 2.44. The molecule has 0 unspecified atom stereocenters. The van der Waals surface area contributed by atoms with Gasteiger partial charge in [0.15, 0.2) is 6.29 Å². The van der Waals surface area contributed by atoms with Gasteiger partial charge in [-0.15, -0.1) is 0 Å². The summed E-state index contributed by atoms with van der Waals surface area (Å²) in [5, 5.41) is 12.9. The van der Waals surface area contributed by atoms with Crippen LogP contribution in [0.25, 0.3) is 6.08 Å². The maximum atomic E-state index is 9.07. The maximum Gasteiger partial charge on any atom is 0.169 e. The Bertz CT molecular complexity index is 448. The molecule has 0 saturated carbocycles. The van der Waals surface area contributed by atoms with Crippen molar-refractivity contribution in [3.8, 4) is 6.07 Å². The van der Waals surface area contributed by atoms with Crippen LogP contribution in [0.15, 0.2) is 29.8 Å². The monoisotopic (exact) mass is 280 g/mol. The summed E-state index contributed by atoms with van der Waals surface area (Å²) in [6.45, 7) is 0.981. The number of hydrogen-bond acceptors (Lipinski definition) is 4. The molecule has 5 heteroatoms. The SMILES string of the molecule is COC(CNC/C(C#N)=C\c1ccc(Cl)cc1)OC. The van der Waals surface area contributed by atoms with Crippen molar-refractivity contribution in [1.82, 2.24) is 5.32 Å². The van der Waals surface area contributed by atoms with Crippen molar-refractivity contribution in [3.05, 3.63) is 40.4 Å². The first-order valence-electron chi connectivity index (χ1n) is 5.82. The zero-order valence-corrected chi connectivity index (χ0v) is 11.8. The lowest BCUT2D eigenvalue weighted by molar-refractivity contribution is -0.0983. The van der Waals surface area contributed by atoms with Gasteiger partial charge in [-0.2, -0.15) is 5.26 Å². The highest BCUT2D eigenvalue weighted by Crippen LogP contribution is 2.12. The summed E-state index contributed by atoms with van der Waals surface area (Å²) in [4.78, 5) is 0. The van der Waals surface area contributed by atoms with Gasteiger partial charge in [-0.25, -0.2) is 0 Å². The number of halogens is 1. The largest absolute Gasteiger partial charge is 0.355 e. The van der Waals surface area contributed by atoms with Crippen LogP contribution >= 0.6 is 11.6 Å². The van der Waals surface area contributed by atoms with E-state index in [-0.39, 0.29) is 6.29 Å². The predicted molar refractivity (Wildman–Crippen MR) is 75.7 cm³/mol. The molecule has 102 valence electrons. The van der Waals surface area contributed by atoms with E-state index in [9.17, 15) is 0 Å². The molecule has 1 aromatic rings. The first kappa shape index (κ1) is 15.7. The van der Waals surface area contributed by atoms with Crippen LogP contribution < -0.4 is 5.32 Å². The summed E-state index contributed by atoms with van der Waals surface area (Å²) in [6.07, 6.45) is 1.51.